The van der Waals surface area contributed by atoms with E-state index in [9.17, 15) is 14.4 Å². The normalized spacial score (nSPS) is 17.8. The number of piperidine rings is 1. The monoisotopic (exact) mass is 383 g/mol. The molecule has 8 nitrogen and oxygen atoms in total. The van der Waals surface area contributed by atoms with Crippen LogP contribution in [0.2, 0.25) is 0 Å². The van der Waals surface area contributed by atoms with Gasteiger partial charge in [0.1, 0.15) is 6.54 Å². The van der Waals surface area contributed by atoms with Crippen molar-refractivity contribution in [1.82, 2.24) is 24.3 Å². The van der Waals surface area contributed by atoms with Crippen LogP contribution in [0.5, 0.6) is 0 Å². The summed E-state index contributed by atoms with van der Waals surface area (Å²) < 4.78 is 1.47. The number of benzene rings is 1. The quantitative estimate of drug-likeness (QED) is 0.779. The number of aromatic nitrogens is 2. The van der Waals surface area contributed by atoms with Crippen LogP contribution in [0.3, 0.4) is 0 Å². The molecule has 0 atom stereocenters. The molecule has 28 heavy (non-hydrogen) atoms. The Kier molecular flexibility index (Phi) is 5.27. The molecule has 4 rings (SSSR count). The molecule has 0 N–H and O–H groups in total. The Balaban J connectivity index is 1.39. The Hall–Kier alpha value is -2.90. The molecule has 0 unspecified atom stereocenters. The zero-order chi connectivity index (χ0) is 19.5. The smallest absolute Gasteiger partial charge is 0.320 e. The largest absolute Gasteiger partial charge is 0.338 e. The predicted molar refractivity (Wildman–Crippen MR) is 105 cm³/mol. The summed E-state index contributed by atoms with van der Waals surface area (Å²) in [7, 11) is 0. The van der Waals surface area contributed by atoms with Gasteiger partial charge in [0.25, 0.3) is 5.56 Å². The lowest BCUT2D eigenvalue weighted by Gasteiger charge is -2.38. The molecule has 1 aromatic heterocycles. The van der Waals surface area contributed by atoms with Crippen LogP contribution in [0.25, 0.3) is 11.0 Å². The van der Waals surface area contributed by atoms with Crippen LogP contribution in [-0.2, 0) is 11.3 Å². The molecular weight excluding hydrogens is 358 g/mol. The molecule has 2 aliphatic heterocycles. The molecular formula is C20H25N5O3. The second kappa shape index (κ2) is 8.00. The Morgan fingerprint density at radius 3 is 2.25 bits per heavy atom. The van der Waals surface area contributed by atoms with E-state index in [2.05, 4.69) is 4.98 Å². The van der Waals surface area contributed by atoms with Crippen molar-refractivity contribution in [3.05, 3.63) is 40.8 Å². The van der Waals surface area contributed by atoms with E-state index in [0.29, 0.717) is 37.2 Å². The number of para-hydroxylation sites is 2. The van der Waals surface area contributed by atoms with E-state index < -0.39 is 0 Å². The van der Waals surface area contributed by atoms with Gasteiger partial charge in [0.2, 0.25) is 5.91 Å². The van der Waals surface area contributed by atoms with Crippen LogP contribution in [0.15, 0.2) is 35.3 Å². The van der Waals surface area contributed by atoms with Crippen molar-refractivity contribution >= 4 is 23.0 Å². The van der Waals surface area contributed by atoms with Gasteiger partial charge in [-0.2, -0.15) is 0 Å². The molecule has 2 fully saturated rings. The van der Waals surface area contributed by atoms with E-state index >= 15 is 0 Å². The average Bonchev–Trinajstić information content (AvgIpc) is 2.76. The molecule has 0 saturated carbocycles. The third-order valence-electron chi connectivity index (χ3n) is 5.58. The molecule has 0 aliphatic carbocycles. The van der Waals surface area contributed by atoms with E-state index in [1.54, 1.807) is 11.0 Å². The molecule has 0 spiro atoms. The highest BCUT2D eigenvalue weighted by atomic mass is 16.2. The fourth-order valence-electron chi connectivity index (χ4n) is 3.95. The Bertz CT molecular complexity index is 927. The molecule has 3 amide bonds. The first-order chi connectivity index (χ1) is 13.6. The van der Waals surface area contributed by atoms with Crippen molar-refractivity contribution in [2.75, 3.05) is 39.3 Å². The number of piperazine rings is 1. The minimum absolute atomic E-state index is 0.0120. The van der Waals surface area contributed by atoms with E-state index in [4.69, 9.17) is 0 Å². The summed E-state index contributed by atoms with van der Waals surface area (Å²) in [5, 5.41) is 0. The molecule has 2 saturated heterocycles. The van der Waals surface area contributed by atoms with Gasteiger partial charge in [-0.15, -0.1) is 0 Å². The van der Waals surface area contributed by atoms with Crippen LogP contribution < -0.4 is 5.56 Å². The summed E-state index contributed by atoms with van der Waals surface area (Å²) in [6.07, 6.45) is 4.58. The number of carbonyl (C=O) groups is 2. The van der Waals surface area contributed by atoms with Gasteiger partial charge in [-0.05, 0) is 31.4 Å². The number of likely N-dealkylation sites (tertiary alicyclic amines) is 1. The summed E-state index contributed by atoms with van der Waals surface area (Å²) in [6.45, 7) is 3.71. The molecule has 148 valence electrons. The van der Waals surface area contributed by atoms with Crippen molar-refractivity contribution < 1.29 is 9.59 Å². The van der Waals surface area contributed by atoms with Gasteiger partial charge in [0.05, 0.1) is 17.2 Å². The standard InChI is InChI=1S/C20H25N5O3/c26-18-14-21-16-6-2-3-7-17(16)25(18)15-19(27)22-10-12-24(13-11-22)20(28)23-8-4-1-5-9-23/h2-3,6-7,14H,1,4-5,8-13,15H2. The Morgan fingerprint density at radius 1 is 0.857 bits per heavy atom. The maximum absolute atomic E-state index is 12.8. The number of amides is 3. The van der Waals surface area contributed by atoms with Crippen LogP contribution in [0.1, 0.15) is 19.3 Å². The number of carbonyl (C=O) groups excluding carboxylic acids is 2. The van der Waals surface area contributed by atoms with E-state index in [-0.39, 0.29) is 24.0 Å². The minimum Gasteiger partial charge on any atom is -0.338 e. The minimum atomic E-state index is -0.286. The molecule has 2 aromatic rings. The topological polar surface area (TPSA) is 78.8 Å². The van der Waals surface area contributed by atoms with Crippen molar-refractivity contribution in [2.24, 2.45) is 0 Å². The number of fused-ring (bicyclic) bond motifs is 1. The summed E-state index contributed by atoms with van der Waals surface area (Å²) in [5.74, 6) is -0.108. The first-order valence-electron chi connectivity index (χ1n) is 9.90. The van der Waals surface area contributed by atoms with E-state index in [0.717, 1.165) is 25.9 Å². The van der Waals surface area contributed by atoms with Crippen molar-refractivity contribution in [3.8, 4) is 0 Å². The second-order valence-electron chi connectivity index (χ2n) is 7.37. The highest BCUT2D eigenvalue weighted by Gasteiger charge is 2.28. The number of hydrogen-bond acceptors (Lipinski definition) is 4. The SMILES string of the molecule is O=C(Cn1c(=O)cnc2ccccc21)N1CCN(C(=O)N2CCCCC2)CC1. The molecule has 0 bridgehead atoms. The van der Waals surface area contributed by atoms with Gasteiger partial charge >= 0.3 is 6.03 Å². The van der Waals surface area contributed by atoms with Crippen LogP contribution >= 0.6 is 0 Å². The summed E-state index contributed by atoms with van der Waals surface area (Å²) in [4.78, 5) is 47.2. The van der Waals surface area contributed by atoms with Gasteiger partial charge in [-0.3, -0.25) is 14.2 Å². The predicted octanol–water partition coefficient (Wildman–Crippen LogP) is 1.15. The van der Waals surface area contributed by atoms with Gasteiger partial charge < -0.3 is 14.7 Å². The zero-order valence-electron chi connectivity index (χ0n) is 15.9. The summed E-state index contributed by atoms with van der Waals surface area (Å²) in [6, 6.07) is 7.38. The molecule has 3 heterocycles. The number of hydrogen-bond donors (Lipinski definition) is 0. The fraction of sp³-hybridized carbons (Fsp3) is 0.500. The maximum Gasteiger partial charge on any atom is 0.320 e. The van der Waals surface area contributed by atoms with Gasteiger partial charge in [-0.1, -0.05) is 12.1 Å². The second-order valence-corrected chi connectivity index (χ2v) is 7.37. The van der Waals surface area contributed by atoms with Crippen LogP contribution in [-0.4, -0.2) is 75.5 Å². The average molecular weight is 383 g/mol. The summed E-state index contributed by atoms with van der Waals surface area (Å²) in [5.41, 5.74) is 1.06. The third-order valence-corrected chi connectivity index (χ3v) is 5.58. The van der Waals surface area contributed by atoms with E-state index in [1.807, 2.05) is 28.0 Å². The molecule has 1 aromatic carbocycles. The molecule has 2 aliphatic rings. The first-order valence-corrected chi connectivity index (χ1v) is 9.90. The highest BCUT2D eigenvalue weighted by molar-refractivity contribution is 5.80. The van der Waals surface area contributed by atoms with Crippen LogP contribution in [0.4, 0.5) is 4.79 Å². The van der Waals surface area contributed by atoms with Gasteiger partial charge in [-0.25, -0.2) is 9.78 Å². The molecule has 0 radical (unpaired) electrons. The number of urea groups is 1. The van der Waals surface area contributed by atoms with Crippen molar-refractivity contribution in [2.45, 2.75) is 25.8 Å². The molecule has 8 heteroatoms. The van der Waals surface area contributed by atoms with Gasteiger partial charge in [0.15, 0.2) is 0 Å². The van der Waals surface area contributed by atoms with Gasteiger partial charge in [0, 0.05) is 39.3 Å². The first kappa shape index (κ1) is 18.5. The third kappa shape index (κ3) is 3.72. The Labute approximate surface area is 163 Å². The number of nitrogens with zero attached hydrogens (tertiary/aromatic N) is 5. The van der Waals surface area contributed by atoms with E-state index in [1.165, 1.54) is 17.2 Å². The zero-order valence-corrected chi connectivity index (χ0v) is 15.9. The lowest BCUT2D eigenvalue weighted by molar-refractivity contribution is -0.133. The maximum atomic E-state index is 12.8. The lowest BCUT2D eigenvalue weighted by Crippen LogP contribution is -2.55. The van der Waals surface area contributed by atoms with Crippen molar-refractivity contribution in [1.29, 1.82) is 0 Å². The Morgan fingerprint density at radius 2 is 1.50 bits per heavy atom. The van der Waals surface area contributed by atoms with Crippen molar-refractivity contribution in [3.63, 3.8) is 0 Å². The lowest BCUT2D eigenvalue weighted by atomic mass is 10.1. The highest BCUT2D eigenvalue weighted by Crippen LogP contribution is 2.14. The van der Waals surface area contributed by atoms with Crippen LogP contribution in [0, 0.1) is 0 Å². The summed E-state index contributed by atoms with van der Waals surface area (Å²) >= 11 is 0. The number of rotatable bonds is 2. The fourth-order valence-corrected chi connectivity index (χ4v) is 3.95.